The van der Waals surface area contributed by atoms with Crippen molar-refractivity contribution in [3.8, 4) is 0 Å². The van der Waals surface area contributed by atoms with E-state index in [0.717, 1.165) is 25.9 Å². The van der Waals surface area contributed by atoms with Crippen LogP contribution in [0.5, 0.6) is 0 Å². The van der Waals surface area contributed by atoms with Crippen LogP contribution in [-0.4, -0.2) is 24.5 Å². The van der Waals surface area contributed by atoms with Crippen molar-refractivity contribution in [3.63, 3.8) is 0 Å². The highest BCUT2D eigenvalue weighted by Gasteiger charge is 2.27. The fourth-order valence-electron chi connectivity index (χ4n) is 2.01. The van der Waals surface area contributed by atoms with Crippen molar-refractivity contribution in [2.24, 2.45) is 11.1 Å². The molecule has 16 heavy (non-hydrogen) atoms. The van der Waals surface area contributed by atoms with Gasteiger partial charge in [-0.15, -0.1) is 0 Å². The number of rotatable bonds is 5. The predicted molar refractivity (Wildman–Crippen MR) is 65.3 cm³/mol. The largest absolute Gasteiger partial charge is 0.378 e. The average Bonchev–Trinajstić information content (AvgIpc) is 2.67. The summed E-state index contributed by atoms with van der Waals surface area (Å²) < 4.78 is 5.52. The minimum atomic E-state index is -0.336. The molecule has 0 amide bonds. The Balaban J connectivity index is 2.19. The van der Waals surface area contributed by atoms with Crippen LogP contribution in [0.25, 0.3) is 0 Å². The van der Waals surface area contributed by atoms with E-state index in [-0.39, 0.29) is 17.2 Å². The van der Waals surface area contributed by atoms with Gasteiger partial charge in [0.15, 0.2) is 0 Å². The van der Waals surface area contributed by atoms with Gasteiger partial charge >= 0.3 is 0 Å². The fraction of sp³-hybridized carbons (Fsp3) is 0.923. The molecule has 2 atom stereocenters. The molecule has 3 nitrogen and oxygen atoms in total. The number of nitrogens with two attached hydrogens (primary N) is 1. The number of hydrogen-bond acceptors (Lipinski definition) is 3. The second-order valence-electron chi connectivity index (χ2n) is 5.84. The first-order chi connectivity index (χ1) is 7.41. The number of ketones is 1. The summed E-state index contributed by atoms with van der Waals surface area (Å²) in [7, 11) is 0. The maximum absolute atomic E-state index is 11.8. The molecular weight excluding hydrogens is 202 g/mol. The quantitative estimate of drug-likeness (QED) is 0.784. The molecule has 2 unspecified atom stereocenters. The molecule has 0 saturated carbocycles. The molecule has 1 aliphatic heterocycles. The minimum absolute atomic E-state index is 0.124. The highest BCUT2D eigenvalue weighted by Crippen LogP contribution is 2.21. The zero-order chi connectivity index (χ0) is 12.2. The lowest BCUT2D eigenvalue weighted by atomic mass is 9.83. The molecule has 1 fully saturated rings. The number of ether oxygens (including phenoxy) is 1. The highest BCUT2D eigenvalue weighted by molar-refractivity contribution is 5.84. The Morgan fingerprint density at radius 2 is 2.19 bits per heavy atom. The van der Waals surface area contributed by atoms with Gasteiger partial charge in [0.05, 0.1) is 12.1 Å². The van der Waals surface area contributed by atoms with Gasteiger partial charge in [-0.05, 0) is 31.1 Å². The summed E-state index contributed by atoms with van der Waals surface area (Å²) in [4.78, 5) is 11.8. The van der Waals surface area contributed by atoms with Crippen molar-refractivity contribution in [3.05, 3.63) is 0 Å². The van der Waals surface area contributed by atoms with Gasteiger partial charge in [0.2, 0.25) is 0 Å². The van der Waals surface area contributed by atoms with Gasteiger partial charge in [0, 0.05) is 13.0 Å². The average molecular weight is 227 g/mol. The van der Waals surface area contributed by atoms with Gasteiger partial charge < -0.3 is 10.5 Å². The van der Waals surface area contributed by atoms with Crippen LogP contribution in [0.2, 0.25) is 0 Å². The summed E-state index contributed by atoms with van der Waals surface area (Å²) in [6, 6.07) is -0.336. The lowest BCUT2D eigenvalue weighted by Gasteiger charge is -2.25. The molecule has 0 aliphatic carbocycles. The maximum atomic E-state index is 11.8. The van der Waals surface area contributed by atoms with Crippen LogP contribution in [0.1, 0.15) is 52.9 Å². The van der Waals surface area contributed by atoms with Crippen LogP contribution < -0.4 is 5.73 Å². The van der Waals surface area contributed by atoms with Crippen molar-refractivity contribution >= 4 is 5.78 Å². The van der Waals surface area contributed by atoms with Crippen LogP contribution in [0.15, 0.2) is 0 Å². The van der Waals surface area contributed by atoms with Crippen LogP contribution in [-0.2, 0) is 9.53 Å². The lowest BCUT2D eigenvalue weighted by Crippen LogP contribution is -2.42. The van der Waals surface area contributed by atoms with Crippen molar-refractivity contribution in [2.45, 2.75) is 65.0 Å². The van der Waals surface area contributed by atoms with Crippen LogP contribution in [0, 0.1) is 5.41 Å². The molecule has 3 heteroatoms. The molecule has 1 aliphatic rings. The predicted octanol–water partition coefficient (Wildman–Crippen LogP) is 2.28. The third kappa shape index (κ3) is 4.22. The van der Waals surface area contributed by atoms with Gasteiger partial charge in [0.1, 0.15) is 5.78 Å². The lowest BCUT2D eigenvalue weighted by molar-refractivity contribution is -0.122. The SMILES string of the molecule is CC(C)(C)C(N)C(=O)CCCC1CCCO1. The summed E-state index contributed by atoms with van der Waals surface area (Å²) in [5.74, 6) is 0.186. The van der Waals surface area contributed by atoms with Gasteiger partial charge in [-0.2, -0.15) is 0 Å². The molecule has 1 heterocycles. The Bertz CT molecular complexity index is 227. The number of Topliss-reactive ketones (excluding diaryl/α,β-unsaturated/α-hetero) is 1. The van der Waals surface area contributed by atoms with Crippen molar-refractivity contribution in [1.29, 1.82) is 0 Å². The normalized spacial score (nSPS) is 23.4. The molecule has 0 aromatic carbocycles. The van der Waals surface area contributed by atoms with E-state index in [4.69, 9.17) is 10.5 Å². The molecular formula is C13H25NO2. The third-order valence-electron chi connectivity index (χ3n) is 3.25. The molecule has 2 N–H and O–H groups in total. The smallest absolute Gasteiger partial charge is 0.150 e. The van der Waals surface area contributed by atoms with E-state index in [2.05, 4.69) is 0 Å². The standard InChI is InChI=1S/C13H25NO2/c1-13(2,3)12(14)11(15)8-4-6-10-7-5-9-16-10/h10,12H,4-9,14H2,1-3H3. The Morgan fingerprint density at radius 3 is 2.69 bits per heavy atom. The number of carbonyl (C=O) groups excluding carboxylic acids is 1. The van der Waals surface area contributed by atoms with Gasteiger partial charge in [-0.25, -0.2) is 0 Å². The Hall–Kier alpha value is -0.410. The maximum Gasteiger partial charge on any atom is 0.150 e. The van der Waals surface area contributed by atoms with E-state index < -0.39 is 0 Å². The highest BCUT2D eigenvalue weighted by atomic mass is 16.5. The molecule has 0 bridgehead atoms. The van der Waals surface area contributed by atoms with Gasteiger partial charge in [-0.1, -0.05) is 20.8 Å². The van der Waals surface area contributed by atoms with Gasteiger partial charge in [0.25, 0.3) is 0 Å². The van der Waals surface area contributed by atoms with E-state index in [1.807, 2.05) is 20.8 Å². The van der Waals surface area contributed by atoms with E-state index in [9.17, 15) is 4.79 Å². The van der Waals surface area contributed by atoms with E-state index in [0.29, 0.717) is 12.5 Å². The molecule has 0 spiro atoms. The van der Waals surface area contributed by atoms with E-state index in [1.54, 1.807) is 0 Å². The topological polar surface area (TPSA) is 52.3 Å². The molecule has 1 saturated heterocycles. The second-order valence-corrected chi connectivity index (χ2v) is 5.84. The monoisotopic (exact) mass is 227 g/mol. The van der Waals surface area contributed by atoms with Gasteiger partial charge in [-0.3, -0.25) is 4.79 Å². The first kappa shape index (κ1) is 13.7. The zero-order valence-electron chi connectivity index (χ0n) is 10.8. The van der Waals surface area contributed by atoms with E-state index in [1.165, 1.54) is 6.42 Å². The van der Waals surface area contributed by atoms with Crippen LogP contribution >= 0.6 is 0 Å². The first-order valence-corrected chi connectivity index (χ1v) is 6.31. The zero-order valence-corrected chi connectivity index (χ0v) is 10.8. The summed E-state index contributed by atoms with van der Waals surface area (Å²) in [5, 5.41) is 0. The summed E-state index contributed by atoms with van der Waals surface area (Å²) >= 11 is 0. The molecule has 0 radical (unpaired) electrons. The van der Waals surface area contributed by atoms with Crippen molar-refractivity contribution in [2.75, 3.05) is 6.61 Å². The Labute approximate surface area is 98.7 Å². The van der Waals surface area contributed by atoms with E-state index >= 15 is 0 Å². The van der Waals surface area contributed by atoms with Crippen molar-refractivity contribution in [1.82, 2.24) is 0 Å². The molecule has 1 rings (SSSR count). The Morgan fingerprint density at radius 1 is 1.50 bits per heavy atom. The number of hydrogen-bond donors (Lipinski definition) is 1. The summed E-state index contributed by atoms with van der Waals surface area (Å²) in [6.45, 7) is 6.92. The summed E-state index contributed by atoms with van der Waals surface area (Å²) in [6.07, 6.45) is 5.21. The van der Waals surface area contributed by atoms with Crippen molar-refractivity contribution < 1.29 is 9.53 Å². The molecule has 94 valence electrons. The molecule has 0 aromatic rings. The minimum Gasteiger partial charge on any atom is -0.378 e. The van der Waals surface area contributed by atoms with Crippen LogP contribution in [0.3, 0.4) is 0 Å². The first-order valence-electron chi connectivity index (χ1n) is 6.31. The molecule has 0 aromatic heterocycles. The Kier molecular flexibility index (Phi) is 4.93. The third-order valence-corrected chi connectivity index (χ3v) is 3.25. The second kappa shape index (κ2) is 5.78. The fourth-order valence-corrected chi connectivity index (χ4v) is 2.01. The van der Waals surface area contributed by atoms with Crippen LogP contribution in [0.4, 0.5) is 0 Å². The summed E-state index contributed by atoms with van der Waals surface area (Å²) in [5.41, 5.74) is 5.78. The number of carbonyl (C=O) groups is 1.